The maximum Gasteiger partial charge on any atom is 0.320 e. The van der Waals surface area contributed by atoms with Gasteiger partial charge in [0.25, 0.3) is 0 Å². The van der Waals surface area contributed by atoms with E-state index < -0.39 is 18.0 Å². The van der Waals surface area contributed by atoms with E-state index in [-0.39, 0.29) is 25.2 Å². The fourth-order valence-electron chi connectivity index (χ4n) is 1.03. The molecule has 0 aliphatic rings. The van der Waals surface area contributed by atoms with E-state index in [9.17, 15) is 9.59 Å². The SMILES string of the molecule is CCCCN[C@@H](CCC(=O)O)C(=O)O.Cl. The molecule has 0 bridgehead atoms. The average Bonchev–Trinajstić information content (AvgIpc) is 2.10. The molecule has 0 radical (unpaired) electrons. The highest BCUT2D eigenvalue weighted by molar-refractivity contribution is 5.85. The molecule has 3 N–H and O–H groups in total. The van der Waals surface area contributed by atoms with Crippen LogP contribution in [0.3, 0.4) is 0 Å². The Morgan fingerprint density at radius 3 is 2.33 bits per heavy atom. The lowest BCUT2D eigenvalue weighted by Crippen LogP contribution is -2.37. The molecule has 90 valence electrons. The van der Waals surface area contributed by atoms with E-state index in [0.29, 0.717) is 6.54 Å². The smallest absolute Gasteiger partial charge is 0.320 e. The van der Waals surface area contributed by atoms with Crippen molar-refractivity contribution in [1.82, 2.24) is 5.32 Å². The van der Waals surface area contributed by atoms with Gasteiger partial charge in [-0.05, 0) is 19.4 Å². The fraction of sp³-hybridized carbons (Fsp3) is 0.778. The Hall–Kier alpha value is -0.810. The van der Waals surface area contributed by atoms with Gasteiger partial charge in [0, 0.05) is 6.42 Å². The van der Waals surface area contributed by atoms with Gasteiger partial charge in [0.15, 0.2) is 0 Å². The number of carbonyl (C=O) groups is 2. The van der Waals surface area contributed by atoms with E-state index in [4.69, 9.17) is 10.2 Å². The summed E-state index contributed by atoms with van der Waals surface area (Å²) in [4.78, 5) is 20.9. The topological polar surface area (TPSA) is 86.6 Å². The highest BCUT2D eigenvalue weighted by Crippen LogP contribution is 1.98. The number of nitrogens with one attached hydrogen (secondary N) is 1. The van der Waals surface area contributed by atoms with Gasteiger partial charge in [-0.1, -0.05) is 13.3 Å². The molecule has 0 amide bonds. The van der Waals surface area contributed by atoms with Crippen molar-refractivity contribution < 1.29 is 19.8 Å². The summed E-state index contributed by atoms with van der Waals surface area (Å²) >= 11 is 0. The highest BCUT2D eigenvalue weighted by Gasteiger charge is 2.17. The molecule has 0 heterocycles. The molecule has 5 nitrogen and oxygen atoms in total. The summed E-state index contributed by atoms with van der Waals surface area (Å²) in [6.45, 7) is 2.63. The molecule has 0 aliphatic carbocycles. The first-order chi connectivity index (χ1) is 6.57. The van der Waals surface area contributed by atoms with Crippen molar-refractivity contribution in [2.45, 2.75) is 38.6 Å². The first-order valence-electron chi connectivity index (χ1n) is 4.76. The number of aliphatic carboxylic acids is 2. The number of carboxylic acid groups (broad SMARTS) is 2. The van der Waals surface area contributed by atoms with E-state index in [1.165, 1.54) is 0 Å². The number of rotatable bonds is 8. The van der Waals surface area contributed by atoms with E-state index in [2.05, 4.69) is 5.32 Å². The number of unbranched alkanes of at least 4 members (excludes halogenated alkanes) is 1. The third-order valence-electron chi connectivity index (χ3n) is 1.87. The largest absolute Gasteiger partial charge is 0.481 e. The lowest BCUT2D eigenvalue weighted by atomic mass is 10.1. The third-order valence-corrected chi connectivity index (χ3v) is 1.87. The van der Waals surface area contributed by atoms with Crippen LogP contribution in [-0.4, -0.2) is 34.7 Å². The lowest BCUT2D eigenvalue weighted by molar-refractivity contribution is -0.140. The minimum absolute atomic E-state index is 0. The Morgan fingerprint density at radius 2 is 1.93 bits per heavy atom. The molecule has 0 aliphatic heterocycles. The maximum atomic E-state index is 10.7. The summed E-state index contributed by atoms with van der Waals surface area (Å²) in [5.74, 6) is -1.95. The van der Waals surface area contributed by atoms with Gasteiger partial charge in [0.2, 0.25) is 0 Å². The van der Waals surface area contributed by atoms with Gasteiger partial charge in [-0.3, -0.25) is 9.59 Å². The van der Waals surface area contributed by atoms with Gasteiger partial charge in [0.1, 0.15) is 6.04 Å². The predicted molar refractivity (Wildman–Crippen MR) is 58.5 cm³/mol. The number of halogens is 1. The van der Waals surface area contributed by atoms with Crippen molar-refractivity contribution in [2.75, 3.05) is 6.54 Å². The summed E-state index contributed by atoms with van der Waals surface area (Å²) in [6, 6.07) is -0.738. The molecular weight excluding hydrogens is 222 g/mol. The van der Waals surface area contributed by atoms with E-state index in [1.54, 1.807) is 0 Å². The Labute approximate surface area is 95.3 Å². The molecule has 0 fully saturated rings. The molecule has 0 rings (SSSR count). The molecule has 1 atom stereocenters. The first-order valence-corrected chi connectivity index (χ1v) is 4.76. The quantitative estimate of drug-likeness (QED) is 0.553. The third kappa shape index (κ3) is 9.49. The van der Waals surface area contributed by atoms with Crippen LogP contribution in [0.2, 0.25) is 0 Å². The summed E-state index contributed by atoms with van der Waals surface area (Å²) in [5, 5.41) is 19.9. The van der Waals surface area contributed by atoms with Crippen LogP contribution in [0.5, 0.6) is 0 Å². The summed E-state index contributed by atoms with van der Waals surface area (Å²) in [7, 11) is 0. The summed E-state index contributed by atoms with van der Waals surface area (Å²) in [6.07, 6.45) is 1.90. The predicted octanol–water partition coefficient (Wildman–Crippen LogP) is 1.12. The lowest BCUT2D eigenvalue weighted by Gasteiger charge is -2.12. The van der Waals surface area contributed by atoms with Gasteiger partial charge >= 0.3 is 11.9 Å². The van der Waals surface area contributed by atoms with Gasteiger partial charge in [-0.15, -0.1) is 12.4 Å². The van der Waals surface area contributed by atoms with Crippen molar-refractivity contribution in [3.05, 3.63) is 0 Å². The molecule has 0 unspecified atom stereocenters. The molecule has 6 heteroatoms. The van der Waals surface area contributed by atoms with Crippen molar-refractivity contribution in [3.8, 4) is 0 Å². The molecule has 0 aromatic rings. The Balaban J connectivity index is 0. The van der Waals surface area contributed by atoms with Crippen molar-refractivity contribution in [1.29, 1.82) is 0 Å². The number of hydrogen-bond acceptors (Lipinski definition) is 3. The van der Waals surface area contributed by atoms with Crippen LogP contribution < -0.4 is 5.32 Å². The Bertz CT molecular complexity index is 199. The minimum atomic E-state index is -0.984. The normalized spacial score (nSPS) is 11.5. The second kappa shape index (κ2) is 9.73. The average molecular weight is 240 g/mol. The van der Waals surface area contributed by atoms with Crippen LogP contribution >= 0.6 is 12.4 Å². The summed E-state index contributed by atoms with van der Waals surface area (Å²) in [5.41, 5.74) is 0. The van der Waals surface area contributed by atoms with Crippen LogP contribution in [0.1, 0.15) is 32.6 Å². The molecule has 0 aromatic carbocycles. The van der Waals surface area contributed by atoms with Crippen molar-refractivity contribution >= 4 is 24.3 Å². The van der Waals surface area contributed by atoms with Gasteiger partial charge < -0.3 is 15.5 Å². The number of hydrogen-bond donors (Lipinski definition) is 3. The first kappa shape index (κ1) is 16.6. The second-order valence-corrected chi connectivity index (χ2v) is 3.13. The van der Waals surface area contributed by atoms with Crippen LogP contribution in [0, 0.1) is 0 Å². The van der Waals surface area contributed by atoms with Gasteiger partial charge in [-0.2, -0.15) is 0 Å². The standard InChI is InChI=1S/C9H17NO4.ClH/c1-2-3-6-10-7(9(13)14)4-5-8(11)12;/h7,10H,2-6H2,1H3,(H,11,12)(H,13,14);1H/t7-;/m0./s1. The van der Waals surface area contributed by atoms with Crippen molar-refractivity contribution in [3.63, 3.8) is 0 Å². The number of carboxylic acids is 2. The molecule has 0 saturated heterocycles. The Kier molecular flexibility index (Phi) is 10.8. The van der Waals surface area contributed by atoms with Crippen LogP contribution in [0.15, 0.2) is 0 Å². The Morgan fingerprint density at radius 1 is 1.33 bits per heavy atom. The highest BCUT2D eigenvalue weighted by atomic mass is 35.5. The summed E-state index contributed by atoms with van der Waals surface area (Å²) < 4.78 is 0. The van der Waals surface area contributed by atoms with Crippen molar-refractivity contribution in [2.24, 2.45) is 0 Å². The second-order valence-electron chi connectivity index (χ2n) is 3.13. The van der Waals surface area contributed by atoms with E-state index in [0.717, 1.165) is 12.8 Å². The zero-order valence-corrected chi connectivity index (χ0v) is 9.55. The monoisotopic (exact) mass is 239 g/mol. The maximum absolute atomic E-state index is 10.7. The molecule has 15 heavy (non-hydrogen) atoms. The van der Waals surface area contributed by atoms with Gasteiger partial charge in [0.05, 0.1) is 0 Å². The van der Waals surface area contributed by atoms with Crippen LogP contribution in [0.25, 0.3) is 0 Å². The van der Waals surface area contributed by atoms with E-state index in [1.807, 2.05) is 6.92 Å². The molecule has 0 saturated carbocycles. The van der Waals surface area contributed by atoms with Crippen LogP contribution in [0.4, 0.5) is 0 Å². The molecule has 0 aromatic heterocycles. The zero-order valence-electron chi connectivity index (χ0n) is 8.73. The van der Waals surface area contributed by atoms with Crippen LogP contribution in [-0.2, 0) is 9.59 Å². The van der Waals surface area contributed by atoms with Gasteiger partial charge in [-0.25, -0.2) is 0 Å². The fourth-order valence-corrected chi connectivity index (χ4v) is 1.03. The molecular formula is C9H18ClNO4. The van der Waals surface area contributed by atoms with E-state index >= 15 is 0 Å². The zero-order chi connectivity index (χ0) is 11.0. The minimum Gasteiger partial charge on any atom is -0.481 e. The molecule has 0 spiro atoms.